The first-order valence-corrected chi connectivity index (χ1v) is 14.0. The molecular weight excluding hydrogens is 504 g/mol. The molecule has 0 saturated heterocycles. The molecule has 1 saturated carbocycles. The molecule has 7 nitrogen and oxygen atoms in total. The molecule has 1 aliphatic rings. The second-order valence-corrected chi connectivity index (χ2v) is 10.4. The highest BCUT2D eigenvalue weighted by molar-refractivity contribution is 5.88. The zero-order chi connectivity index (χ0) is 28.3. The number of nitrogens with zero attached hydrogens (tertiary/aromatic N) is 1. The molecule has 7 heteroatoms. The van der Waals surface area contributed by atoms with E-state index in [4.69, 9.17) is 14.2 Å². The first-order valence-electron chi connectivity index (χ1n) is 14.0. The Kier molecular flexibility index (Phi) is 10.4. The summed E-state index contributed by atoms with van der Waals surface area (Å²) in [4.78, 5) is 29.4. The lowest BCUT2D eigenvalue weighted by molar-refractivity contribution is -0.143. The fourth-order valence-corrected chi connectivity index (χ4v) is 5.20. The Balaban J connectivity index is 1.62. The zero-order valence-electron chi connectivity index (χ0n) is 23.7. The van der Waals surface area contributed by atoms with Crippen LogP contribution in [0.4, 0.5) is 0 Å². The summed E-state index contributed by atoms with van der Waals surface area (Å²) in [5.41, 5.74) is 3.04. The first kappa shape index (κ1) is 29.0. The molecule has 3 aromatic carbocycles. The van der Waals surface area contributed by atoms with Gasteiger partial charge in [-0.1, -0.05) is 79.4 Å². The molecule has 0 aromatic heterocycles. The number of benzene rings is 3. The van der Waals surface area contributed by atoms with Gasteiger partial charge in [0.05, 0.1) is 14.2 Å². The lowest BCUT2D eigenvalue weighted by Crippen LogP contribution is -2.53. The van der Waals surface area contributed by atoms with Gasteiger partial charge in [-0.3, -0.25) is 9.59 Å². The number of amides is 2. The van der Waals surface area contributed by atoms with E-state index in [-0.39, 0.29) is 24.5 Å². The van der Waals surface area contributed by atoms with E-state index in [2.05, 4.69) is 5.32 Å². The smallest absolute Gasteiger partial charge is 0.261 e. The van der Waals surface area contributed by atoms with E-state index in [1.54, 1.807) is 37.3 Å². The molecule has 0 bridgehead atoms. The number of hydrogen-bond acceptors (Lipinski definition) is 5. The molecule has 0 aliphatic heterocycles. The Bertz CT molecular complexity index is 1230. The molecule has 212 valence electrons. The summed E-state index contributed by atoms with van der Waals surface area (Å²) in [7, 11) is 3.12. The number of aryl methyl sites for hydroxylation is 1. The Morgan fingerprint density at radius 2 is 1.50 bits per heavy atom. The molecule has 40 heavy (non-hydrogen) atoms. The highest BCUT2D eigenvalue weighted by Crippen LogP contribution is 2.28. The molecule has 1 N–H and O–H groups in total. The predicted molar refractivity (Wildman–Crippen MR) is 156 cm³/mol. The molecular formula is C33H40N2O5. The normalized spacial score (nSPS) is 14.2. The minimum Gasteiger partial charge on any atom is -0.496 e. The summed E-state index contributed by atoms with van der Waals surface area (Å²) in [5.74, 6) is 1.17. The van der Waals surface area contributed by atoms with Crippen LogP contribution >= 0.6 is 0 Å². The molecule has 1 fully saturated rings. The van der Waals surface area contributed by atoms with Crippen LogP contribution in [-0.2, 0) is 22.6 Å². The highest BCUT2D eigenvalue weighted by Gasteiger charge is 2.32. The number of carbonyl (C=O) groups excluding carboxylic acids is 2. The summed E-state index contributed by atoms with van der Waals surface area (Å²) in [5, 5.41) is 3.27. The van der Waals surface area contributed by atoms with E-state index in [1.165, 1.54) is 6.42 Å². The highest BCUT2D eigenvalue weighted by atomic mass is 16.5. The maximum atomic E-state index is 13.9. The van der Waals surface area contributed by atoms with E-state index >= 15 is 0 Å². The van der Waals surface area contributed by atoms with Gasteiger partial charge in [0.1, 0.15) is 23.3 Å². The fraction of sp³-hybridized carbons (Fsp3) is 0.394. The number of methoxy groups -OCH3 is 2. The molecule has 0 spiro atoms. The van der Waals surface area contributed by atoms with E-state index in [9.17, 15) is 9.59 Å². The molecule has 3 aromatic rings. The lowest BCUT2D eigenvalue weighted by atomic mass is 9.94. The van der Waals surface area contributed by atoms with Crippen molar-refractivity contribution in [3.63, 3.8) is 0 Å². The number of nitrogens with one attached hydrogen (secondary N) is 1. The van der Waals surface area contributed by atoms with Gasteiger partial charge in [0.2, 0.25) is 5.91 Å². The first-order chi connectivity index (χ1) is 19.4. The van der Waals surface area contributed by atoms with Crippen molar-refractivity contribution in [2.24, 2.45) is 0 Å². The van der Waals surface area contributed by atoms with Crippen molar-refractivity contribution in [1.29, 1.82) is 0 Å². The maximum absolute atomic E-state index is 13.9. The van der Waals surface area contributed by atoms with E-state index < -0.39 is 6.04 Å². The average molecular weight is 545 g/mol. The minimum atomic E-state index is -0.694. The summed E-state index contributed by atoms with van der Waals surface area (Å²) < 4.78 is 16.6. The Labute approximate surface area is 237 Å². The fourth-order valence-electron chi connectivity index (χ4n) is 5.20. The van der Waals surface area contributed by atoms with Gasteiger partial charge >= 0.3 is 0 Å². The molecule has 1 atom stereocenters. The van der Waals surface area contributed by atoms with Crippen molar-refractivity contribution in [3.05, 3.63) is 89.5 Å². The van der Waals surface area contributed by atoms with Gasteiger partial charge in [-0.2, -0.15) is 0 Å². The molecule has 0 heterocycles. The van der Waals surface area contributed by atoms with Crippen molar-refractivity contribution < 1.29 is 23.8 Å². The van der Waals surface area contributed by atoms with Gasteiger partial charge in [0.15, 0.2) is 6.61 Å². The molecule has 0 unspecified atom stereocenters. The Hall–Kier alpha value is -4.00. The monoisotopic (exact) mass is 544 g/mol. The van der Waals surface area contributed by atoms with Crippen LogP contribution in [0.3, 0.4) is 0 Å². The van der Waals surface area contributed by atoms with Gasteiger partial charge < -0.3 is 24.4 Å². The van der Waals surface area contributed by atoms with Gasteiger partial charge in [0, 0.05) is 37.2 Å². The zero-order valence-corrected chi connectivity index (χ0v) is 23.7. The molecule has 1 aliphatic carbocycles. The van der Waals surface area contributed by atoms with Crippen LogP contribution < -0.4 is 19.5 Å². The molecule has 4 rings (SSSR count). The van der Waals surface area contributed by atoms with Crippen molar-refractivity contribution in [3.8, 4) is 17.2 Å². The average Bonchev–Trinajstić information content (AvgIpc) is 2.98. The van der Waals surface area contributed by atoms with Gasteiger partial charge in [-0.05, 0) is 30.9 Å². The second-order valence-electron chi connectivity index (χ2n) is 10.4. The third-order valence-electron chi connectivity index (χ3n) is 7.35. The van der Waals surface area contributed by atoms with Crippen LogP contribution in [-0.4, -0.2) is 49.6 Å². The summed E-state index contributed by atoms with van der Waals surface area (Å²) in [6, 6.07) is 22.5. The quantitative estimate of drug-likeness (QED) is 0.327. The Morgan fingerprint density at radius 3 is 2.15 bits per heavy atom. The van der Waals surface area contributed by atoms with Crippen LogP contribution in [0.5, 0.6) is 17.2 Å². The van der Waals surface area contributed by atoms with Gasteiger partial charge in [-0.25, -0.2) is 0 Å². The van der Waals surface area contributed by atoms with E-state index in [0.717, 1.165) is 42.4 Å². The molecule has 0 radical (unpaired) electrons. The van der Waals surface area contributed by atoms with Crippen LogP contribution in [0.25, 0.3) is 0 Å². The topological polar surface area (TPSA) is 77.1 Å². The Morgan fingerprint density at radius 1 is 0.850 bits per heavy atom. The van der Waals surface area contributed by atoms with Crippen molar-refractivity contribution in [1.82, 2.24) is 10.2 Å². The summed E-state index contributed by atoms with van der Waals surface area (Å²) in [6.45, 7) is 2.08. The van der Waals surface area contributed by atoms with Crippen LogP contribution in [0.15, 0.2) is 72.8 Å². The number of hydrogen-bond donors (Lipinski definition) is 1. The number of ether oxygens (including phenoxy) is 3. The van der Waals surface area contributed by atoms with Gasteiger partial charge in [-0.15, -0.1) is 0 Å². The molecule has 2 amide bonds. The standard InChI is InChI=1S/C33H40N2O5/c1-24-11-10-14-26(17-24)22-35(32(36)23-40-30-20-28(38-2)19-29(21-30)39-3)31(18-25-12-6-4-7-13-25)33(37)34-27-15-8-5-9-16-27/h4,6-7,10-14,17,19-21,27,31H,5,8-9,15-16,18,22-23H2,1-3H3,(H,34,37)/t31-/m1/s1. The van der Waals surface area contributed by atoms with Gasteiger partial charge in [0.25, 0.3) is 5.91 Å². The summed E-state index contributed by atoms with van der Waals surface area (Å²) >= 11 is 0. The number of carbonyl (C=O) groups is 2. The minimum absolute atomic E-state index is 0.125. The maximum Gasteiger partial charge on any atom is 0.261 e. The van der Waals surface area contributed by atoms with Crippen LogP contribution in [0, 0.1) is 6.92 Å². The van der Waals surface area contributed by atoms with Crippen LogP contribution in [0.2, 0.25) is 0 Å². The van der Waals surface area contributed by atoms with Crippen molar-refractivity contribution in [2.45, 2.75) is 64.1 Å². The lowest BCUT2D eigenvalue weighted by Gasteiger charge is -2.33. The second kappa shape index (κ2) is 14.4. The van der Waals surface area contributed by atoms with Crippen molar-refractivity contribution in [2.75, 3.05) is 20.8 Å². The van der Waals surface area contributed by atoms with E-state index in [0.29, 0.717) is 30.2 Å². The van der Waals surface area contributed by atoms with E-state index in [1.807, 2.05) is 61.5 Å². The predicted octanol–water partition coefficient (Wildman–Crippen LogP) is 5.48. The number of rotatable bonds is 12. The SMILES string of the molecule is COc1cc(OC)cc(OCC(=O)N(Cc2cccc(C)c2)[C@H](Cc2ccccc2)C(=O)NC2CCCCC2)c1. The van der Waals surface area contributed by atoms with Crippen LogP contribution in [0.1, 0.15) is 48.8 Å². The van der Waals surface area contributed by atoms with Crippen molar-refractivity contribution >= 4 is 11.8 Å². The third-order valence-corrected chi connectivity index (χ3v) is 7.35. The summed E-state index contributed by atoms with van der Waals surface area (Å²) in [6.07, 6.45) is 5.76. The third kappa shape index (κ3) is 8.25. The largest absolute Gasteiger partial charge is 0.496 e.